The van der Waals surface area contributed by atoms with Crippen molar-refractivity contribution >= 4 is 6.29 Å². The summed E-state index contributed by atoms with van der Waals surface area (Å²) in [5.74, 6) is 0.760. The molecule has 0 bridgehead atoms. The number of carbonyl (C=O) groups excluding carboxylic acids is 1. The van der Waals surface area contributed by atoms with Crippen LogP contribution in [-0.4, -0.2) is 22.9 Å². The van der Waals surface area contributed by atoms with Crippen LogP contribution < -0.4 is 4.74 Å². The van der Waals surface area contributed by atoms with Gasteiger partial charge in [0.25, 0.3) is 0 Å². The van der Waals surface area contributed by atoms with E-state index in [0.29, 0.717) is 5.69 Å². The second-order valence-corrected chi connectivity index (χ2v) is 3.44. The molecule has 0 saturated carbocycles. The molecule has 2 aromatic rings. The van der Waals surface area contributed by atoms with E-state index in [-0.39, 0.29) is 0 Å². The van der Waals surface area contributed by atoms with Crippen LogP contribution in [0.1, 0.15) is 10.5 Å². The van der Waals surface area contributed by atoms with Gasteiger partial charge in [-0.25, -0.2) is 4.98 Å². The zero-order valence-corrected chi connectivity index (χ0v) is 9.18. The highest BCUT2D eigenvalue weighted by atomic mass is 16.5. The Labute approximate surface area is 93.5 Å². The first-order valence-electron chi connectivity index (χ1n) is 4.87. The first-order chi connectivity index (χ1) is 7.76. The monoisotopic (exact) mass is 216 g/mol. The smallest absolute Gasteiger partial charge is 0.170 e. The summed E-state index contributed by atoms with van der Waals surface area (Å²) in [5, 5.41) is 0. The van der Waals surface area contributed by atoms with Crippen LogP contribution in [0, 0.1) is 0 Å². The van der Waals surface area contributed by atoms with E-state index in [4.69, 9.17) is 4.74 Å². The fraction of sp³-hybridized carbons (Fsp3) is 0.167. The van der Waals surface area contributed by atoms with Crippen molar-refractivity contribution in [1.82, 2.24) is 9.55 Å². The first-order valence-corrected chi connectivity index (χ1v) is 4.87. The zero-order chi connectivity index (χ0) is 11.5. The molecule has 0 N–H and O–H groups in total. The summed E-state index contributed by atoms with van der Waals surface area (Å²) in [6.45, 7) is 0. The van der Waals surface area contributed by atoms with Crippen LogP contribution in [0.5, 0.6) is 5.75 Å². The number of rotatable bonds is 3. The van der Waals surface area contributed by atoms with Gasteiger partial charge in [-0.3, -0.25) is 4.79 Å². The van der Waals surface area contributed by atoms with Crippen molar-refractivity contribution in [3.8, 4) is 17.0 Å². The third-order valence-corrected chi connectivity index (χ3v) is 2.42. The number of hydrogen-bond acceptors (Lipinski definition) is 3. The lowest BCUT2D eigenvalue weighted by atomic mass is 10.1. The van der Waals surface area contributed by atoms with Crippen LogP contribution in [0.2, 0.25) is 0 Å². The van der Waals surface area contributed by atoms with Gasteiger partial charge >= 0.3 is 0 Å². The van der Waals surface area contributed by atoms with E-state index in [2.05, 4.69) is 4.98 Å². The van der Waals surface area contributed by atoms with Crippen molar-refractivity contribution in [3.63, 3.8) is 0 Å². The molecule has 1 aromatic carbocycles. The molecule has 0 aliphatic carbocycles. The third kappa shape index (κ3) is 1.69. The first kappa shape index (κ1) is 10.4. The average molecular weight is 216 g/mol. The summed E-state index contributed by atoms with van der Waals surface area (Å²) in [4.78, 5) is 14.9. The maximum atomic E-state index is 10.9. The van der Waals surface area contributed by atoms with Gasteiger partial charge in [0, 0.05) is 12.6 Å². The molecule has 0 atom stereocenters. The summed E-state index contributed by atoms with van der Waals surface area (Å²) in [6, 6.07) is 7.55. The van der Waals surface area contributed by atoms with E-state index in [1.165, 1.54) is 0 Å². The molecule has 0 aliphatic heterocycles. The maximum Gasteiger partial charge on any atom is 0.170 e. The molecule has 0 fully saturated rings. The topological polar surface area (TPSA) is 44.1 Å². The van der Waals surface area contributed by atoms with Gasteiger partial charge in [0.1, 0.15) is 11.4 Å². The van der Waals surface area contributed by atoms with E-state index in [0.717, 1.165) is 23.3 Å². The Morgan fingerprint density at radius 1 is 1.44 bits per heavy atom. The Morgan fingerprint density at radius 2 is 2.25 bits per heavy atom. The molecule has 0 aliphatic rings. The highest BCUT2D eigenvalue weighted by Gasteiger charge is 2.10. The maximum absolute atomic E-state index is 10.9. The molecule has 4 heteroatoms. The van der Waals surface area contributed by atoms with E-state index in [1.54, 1.807) is 13.4 Å². The molecule has 82 valence electrons. The van der Waals surface area contributed by atoms with Gasteiger partial charge in [0.05, 0.1) is 19.1 Å². The largest absolute Gasteiger partial charge is 0.497 e. The van der Waals surface area contributed by atoms with Gasteiger partial charge in [0.2, 0.25) is 0 Å². The quantitative estimate of drug-likeness (QED) is 0.736. The molecule has 16 heavy (non-hydrogen) atoms. The lowest BCUT2D eigenvalue weighted by Crippen LogP contribution is -1.93. The second-order valence-electron chi connectivity index (χ2n) is 3.44. The summed E-state index contributed by atoms with van der Waals surface area (Å²) < 4.78 is 6.97. The molecule has 1 heterocycles. The van der Waals surface area contributed by atoms with Gasteiger partial charge < -0.3 is 9.30 Å². The van der Waals surface area contributed by atoms with Crippen LogP contribution in [0.3, 0.4) is 0 Å². The lowest BCUT2D eigenvalue weighted by Gasteiger charge is -2.05. The van der Waals surface area contributed by atoms with E-state index < -0.39 is 0 Å². The van der Waals surface area contributed by atoms with Gasteiger partial charge in [-0.15, -0.1) is 0 Å². The Morgan fingerprint density at radius 3 is 2.94 bits per heavy atom. The highest BCUT2D eigenvalue weighted by Crippen LogP contribution is 2.25. The Balaban J connectivity index is 2.57. The number of carbonyl (C=O) groups is 1. The molecule has 0 amide bonds. The Bertz CT molecular complexity index is 517. The number of ether oxygens (including phenoxy) is 1. The predicted molar refractivity (Wildman–Crippen MR) is 60.6 cm³/mol. The molecular weight excluding hydrogens is 204 g/mol. The predicted octanol–water partition coefficient (Wildman–Crippen LogP) is 1.91. The minimum absolute atomic E-state index is 0.441. The van der Waals surface area contributed by atoms with Crippen LogP contribution in [-0.2, 0) is 7.05 Å². The van der Waals surface area contributed by atoms with E-state index in [9.17, 15) is 4.79 Å². The van der Waals surface area contributed by atoms with Crippen molar-refractivity contribution in [3.05, 3.63) is 36.3 Å². The average Bonchev–Trinajstić information content (AvgIpc) is 2.70. The summed E-state index contributed by atoms with van der Waals surface area (Å²) >= 11 is 0. The van der Waals surface area contributed by atoms with Crippen molar-refractivity contribution in [1.29, 1.82) is 0 Å². The summed E-state index contributed by atoms with van der Waals surface area (Å²) in [5.41, 5.74) is 2.16. The molecule has 0 saturated heterocycles. The van der Waals surface area contributed by atoms with Gasteiger partial charge in [-0.2, -0.15) is 0 Å². The zero-order valence-electron chi connectivity index (χ0n) is 9.18. The van der Waals surface area contributed by atoms with Crippen LogP contribution in [0.25, 0.3) is 11.3 Å². The standard InChI is InChI=1S/C12H12N2O2/c1-14-8-13-11(7-15)12(14)9-4-3-5-10(6-9)16-2/h3-8H,1-2H3. The number of hydrogen-bond donors (Lipinski definition) is 0. The van der Waals surface area contributed by atoms with Crippen molar-refractivity contribution < 1.29 is 9.53 Å². The number of aryl methyl sites for hydroxylation is 1. The number of imidazole rings is 1. The molecule has 2 rings (SSSR count). The van der Waals surface area contributed by atoms with Crippen LogP contribution in [0.15, 0.2) is 30.6 Å². The summed E-state index contributed by atoms with van der Waals surface area (Å²) in [7, 11) is 3.47. The highest BCUT2D eigenvalue weighted by molar-refractivity contribution is 5.83. The number of nitrogens with zero attached hydrogens (tertiary/aromatic N) is 2. The van der Waals surface area contributed by atoms with Crippen LogP contribution >= 0.6 is 0 Å². The molecule has 1 aromatic heterocycles. The Kier molecular flexibility index (Phi) is 2.72. The van der Waals surface area contributed by atoms with Crippen molar-refractivity contribution in [2.24, 2.45) is 7.05 Å². The number of aromatic nitrogens is 2. The van der Waals surface area contributed by atoms with E-state index in [1.807, 2.05) is 35.9 Å². The van der Waals surface area contributed by atoms with E-state index >= 15 is 0 Å². The number of methoxy groups -OCH3 is 1. The molecule has 0 spiro atoms. The van der Waals surface area contributed by atoms with Gasteiger partial charge in [-0.05, 0) is 12.1 Å². The summed E-state index contributed by atoms with van der Waals surface area (Å²) in [6.07, 6.45) is 2.38. The minimum atomic E-state index is 0.441. The fourth-order valence-corrected chi connectivity index (χ4v) is 1.66. The normalized spacial score (nSPS) is 10.1. The van der Waals surface area contributed by atoms with Crippen LogP contribution in [0.4, 0.5) is 0 Å². The second kappa shape index (κ2) is 4.18. The lowest BCUT2D eigenvalue weighted by molar-refractivity contribution is 0.112. The van der Waals surface area contributed by atoms with Crippen molar-refractivity contribution in [2.75, 3.05) is 7.11 Å². The molecule has 0 unspecified atom stereocenters. The van der Waals surface area contributed by atoms with Crippen molar-refractivity contribution in [2.45, 2.75) is 0 Å². The third-order valence-electron chi connectivity index (χ3n) is 2.42. The minimum Gasteiger partial charge on any atom is -0.497 e. The fourth-order valence-electron chi connectivity index (χ4n) is 1.66. The van der Waals surface area contributed by atoms with Gasteiger partial charge in [-0.1, -0.05) is 12.1 Å². The molecule has 4 nitrogen and oxygen atoms in total. The van der Waals surface area contributed by atoms with Gasteiger partial charge in [0.15, 0.2) is 6.29 Å². The Hall–Kier alpha value is -2.10. The molecule has 0 radical (unpaired) electrons. The molecular formula is C12H12N2O2. The number of aldehydes is 1. The number of benzene rings is 1. The SMILES string of the molecule is COc1cccc(-c2c(C=O)ncn2C)c1.